The van der Waals surface area contributed by atoms with Crippen LogP contribution in [0.25, 0.3) is 0 Å². The molecule has 33 heavy (non-hydrogen) atoms. The fourth-order valence-corrected chi connectivity index (χ4v) is 3.23. The summed E-state index contributed by atoms with van der Waals surface area (Å²) in [5, 5.41) is 7.03. The van der Waals surface area contributed by atoms with Crippen LogP contribution in [0, 0.1) is 0 Å². The molecular weight excluding hydrogens is 456 g/mol. The topological polar surface area (TPSA) is 75.8 Å². The van der Waals surface area contributed by atoms with Crippen molar-refractivity contribution in [3.8, 4) is 23.0 Å². The highest BCUT2D eigenvalue weighted by Crippen LogP contribution is 2.27. The van der Waals surface area contributed by atoms with E-state index in [0.717, 1.165) is 29.2 Å². The Hall–Kier alpha value is -3.56. The summed E-state index contributed by atoms with van der Waals surface area (Å²) in [5.74, 6) is 2.93. The SMILES string of the molecule is COc1ccc(CCNC(=S)NNC(=S)Nc2ccc(Oc3ccccc3)cc2)cc1OC. The average molecular weight is 483 g/mol. The third kappa shape index (κ3) is 7.81. The smallest absolute Gasteiger partial charge is 0.189 e. The first-order valence-corrected chi connectivity index (χ1v) is 11.0. The lowest BCUT2D eigenvalue weighted by molar-refractivity contribution is 0.354. The number of rotatable bonds is 8. The molecule has 3 rings (SSSR count). The van der Waals surface area contributed by atoms with Crippen LogP contribution in [0.3, 0.4) is 0 Å². The van der Waals surface area contributed by atoms with Gasteiger partial charge in [-0.3, -0.25) is 10.9 Å². The second kappa shape index (κ2) is 12.5. The number of hydrazine groups is 1. The van der Waals surface area contributed by atoms with Crippen LogP contribution in [0.4, 0.5) is 5.69 Å². The monoisotopic (exact) mass is 482 g/mol. The third-order valence-corrected chi connectivity index (χ3v) is 4.98. The summed E-state index contributed by atoms with van der Waals surface area (Å²) >= 11 is 10.6. The van der Waals surface area contributed by atoms with E-state index in [-0.39, 0.29) is 0 Å². The van der Waals surface area contributed by atoms with Gasteiger partial charge in [0, 0.05) is 12.2 Å². The molecule has 0 heterocycles. The molecule has 0 atom stereocenters. The van der Waals surface area contributed by atoms with Crippen LogP contribution >= 0.6 is 24.4 Å². The first-order valence-electron chi connectivity index (χ1n) is 10.2. The predicted octanol–water partition coefficient (Wildman–Crippen LogP) is 4.40. The van der Waals surface area contributed by atoms with Gasteiger partial charge in [-0.2, -0.15) is 0 Å². The summed E-state index contributed by atoms with van der Waals surface area (Å²) in [6.07, 6.45) is 0.766. The summed E-state index contributed by atoms with van der Waals surface area (Å²) in [6, 6.07) is 22.9. The molecule has 0 aliphatic carbocycles. The minimum Gasteiger partial charge on any atom is -0.493 e. The maximum absolute atomic E-state index is 5.78. The van der Waals surface area contributed by atoms with Gasteiger partial charge >= 0.3 is 0 Å². The van der Waals surface area contributed by atoms with Crippen LogP contribution in [-0.4, -0.2) is 31.0 Å². The molecular formula is C24H26N4O3S2. The third-order valence-electron chi connectivity index (χ3n) is 4.53. The van der Waals surface area contributed by atoms with E-state index >= 15 is 0 Å². The van der Waals surface area contributed by atoms with Crippen molar-refractivity contribution in [2.45, 2.75) is 6.42 Å². The fourth-order valence-electron chi connectivity index (χ4n) is 2.91. The summed E-state index contributed by atoms with van der Waals surface area (Å²) in [7, 11) is 3.24. The van der Waals surface area contributed by atoms with Gasteiger partial charge < -0.3 is 24.8 Å². The first-order chi connectivity index (χ1) is 16.1. The molecule has 0 spiro atoms. The highest BCUT2D eigenvalue weighted by atomic mass is 32.1. The minimum atomic E-state index is 0.385. The molecule has 0 aliphatic heterocycles. The van der Waals surface area contributed by atoms with Gasteiger partial charge in [-0.15, -0.1) is 0 Å². The highest BCUT2D eigenvalue weighted by Gasteiger charge is 2.05. The van der Waals surface area contributed by atoms with Crippen molar-refractivity contribution in [2.75, 3.05) is 26.1 Å². The van der Waals surface area contributed by atoms with Gasteiger partial charge in [0.1, 0.15) is 11.5 Å². The summed E-state index contributed by atoms with van der Waals surface area (Å²) in [4.78, 5) is 0. The Morgan fingerprint density at radius 3 is 2.12 bits per heavy atom. The van der Waals surface area contributed by atoms with Crippen molar-refractivity contribution in [3.63, 3.8) is 0 Å². The quantitative estimate of drug-likeness (QED) is 0.276. The van der Waals surface area contributed by atoms with Gasteiger partial charge in [-0.25, -0.2) is 0 Å². The van der Waals surface area contributed by atoms with E-state index in [4.69, 9.17) is 38.6 Å². The molecule has 3 aromatic rings. The molecule has 0 saturated carbocycles. The molecule has 9 heteroatoms. The van der Waals surface area contributed by atoms with Crippen molar-refractivity contribution >= 4 is 40.3 Å². The zero-order valence-electron chi connectivity index (χ0n) is 18.4. The molecule has 0 saturated heterocycles. The standard InChI is InChI=1S/C24H26N4O3S2/c1-29-21-13-8-17(16-22(21)30-2)14-15-25-23(32)27-28-24(33)26-18-9-11-20(12-10-18)31-19-6-4-3-5-7-19/h3-13,16H,14-15H2,1-2H3,(H2,25,27,32)(H2,26,28,33). The van der Waals surface area contributed by atoms with Crippen LogP contribution in [0.15, 0.2) is 72.8 Å². The van der Waals surface area contributed by atoms with Crippen LogP contribution in [0.1, 0.15) is 5.56 Å². The van der Waals surface area contributed by atoms with Gasteiger partial charge in [0.15, 0.2) is 21.7 Å². The molecule has 0 fully saturated rings. The lowest BCUT2D eigenvalue weighted by atomic mass is 10.1. The highest BCUT2D eigenvalue weighted by molar-refractivity contribution is 7.80. The molecule has 3 aromatic carbocycles. The Bertz CT molecular complexity index is 1060. The zero-order chi connectivity index (χ0) is 23.5. The molecule has 0 aromatic heterocycles. The molecule has 0 unspecified atom stereocenters. The van der Waals surface area contributed by atoms with Gasteiger partial charge in [0.25, 0.3) is 0 Å². The number of anilines is 1. The molecule has 0 amide bonds. The van der Waals surface area contributed by atoms with Crippen LogP contribution in [0.2, 0.25) is 0 Å². The Labute approximate surface area is 204 Å². The predicted molar refractivity (Wildman–Crippen MR) is 139 cm³/mol. The number of methoxy groups -OCH3 is 2. The number of thiocarbonyl (C=S) groups is 2. The summed E-state index contributed by atoms with van der Waals surface area (Å²) in [6.45, 7) is 0.645. The summed E-state index contributed by atoms with van der Waals surface area (Å²) < 4.78 is 16.4. The average Bonchev–Trinajstić information content (AvgIpc) is 2.84. The second-order valence-electron chi connectivity index (χ2n) is 6.84. The Morgan fingerprint density at radius 2 is 1.42 bits per heavy atom. The van der Waals surface area contributed by atoms with E-state index < -0.39 is 0 Å². The van der Waals surface area contributed by atoms with E-state index in [9.17, 15) is 0 Å². The van der Waals surface area contributed by atoms with Crippen molar-refractivity contribution in [2.24, 2.45) is 0 Å². The lowest BCUT2D eigenvalue weighted by Crippen LogP contribution is -2.48. The summed E-state index contributed by atoms with van der Waals surface area (Å²) in [5.41, 5.74) is 7.66. The largest absolute Gasteiger partial charge is 0.493 e. The Kier molecular flexibility index (Phi) is 9.10. The van der Waals surface area contributed by atoms with E-state index in [2.05, 4.69) is 21.5 Å². The number of ether oxygens (including phenoxy) is 3. The molecule has 4 N–H and O–H groups in total. The van der Waals surface area contributed by atoms with Crippen molar-refractivity contribution in [3.05, 3.63) is 78.4 Å². The molecule has 0 bridgehead atoms. The van der Waals surface area contributed by atoms with Crippen molar-refractivity contribution in [1.29, 1.82) is 0 Å². The van der Waals surface area contributed by atoms with Crippen LogP contribution in [0.5, 0.6) is 23.0 Å². The molecule has 7 nitrogen and oxygen atoms in total. The minimum absolute atomic E-state index is 0.385. The number of benzene rings is 3. The number of hydrogen-bond donors (Lipinski definition) is 4. The Morgan fingerprint density at radius 1 is 0.758 bits per heavy atom. The van der Waals surface area contributed by atoms with Gasteiger partial charge in [-0.05, 0) is 85.0 Å². The van der Waals surface area contributed by atoms with Crippen LogP contribution < -0.4 is 35.7 Å². The van der Waals surface area contributed by atoms with E-state index in [1.54, 1.807) is 14.2 Å². The van der Waals surface area contributed by atoms with Crippen molar-refractivity contribution in [1.82, 2.24) is 16.2 Å². The normalized spacial score (nSPS) is 10.0. The van der Waals surface area contributed by atoms with Gasteiger partial charge in [0.2, 0.25) is 0 Å². The molecule has 172 valence electrons. The Balaban J connectivity index is 1.36. The van der Waals surface area contributed by atoms with E-state index in [1.165, 1.54) is 0 Å². The maximum Gasteiger partial charge on any atom is 0.189 e. The van der Waals surface area contributed by atoms with E-state index in [1.807, 2.05) is 72.8 Å². The maximum atomic E-state index is 5.78. The molecule has 0 aliphatic rings. The zero-order valence-corrected chi connectivity index (χ0v) is 20.0. The molecule has 0 radical (unpaired) electrons. The van der Waals surface area contributed by atoms with Gasteiger partial charge in [-0.1, -0.05) is 24.3 Å². The lowest BCUT2D eigenvalue weighted by Gasteiger charge is -2.15. The van der Waals surface area contributed by atoms with E-state index in [0.29, 0.717) is 28.3 Å². The van der Waals surface area contributed by atoms with Crippen LogP contribution in [-0.2, 0) is 6.42 Å². The number of nitrogens with one attached hydrogen (secondary N) is 4. The number of hydrogen-bond acceptors (Lipinski definition) is 5. The second-order valence-corrected chi connectivity index (χ2v) is 7.66. The fraction of sp³-hybridized carbons (Fsp3) is 0.167. The van der Waals surface area contributed by atoms with Crippen molar-refractivity contribution < 1.29 is 14.2 Å². The number of para-hydroxylation sites is 1. The first kappa shape index (κ1) is 24.1. The van der Waals surface area contributed by atoms with Gasteiger partial charge in [0.05, 0.1) is 14.2 Å².